The molecule has 3 nitrogen and oxygen atoms in total. The van der Waals surface area contributed by atoms with Gasteiger partial charge in [-0.15, -0.1) is 11.3 Å². The van der Waals surface area contributed by atoms with Crippen LogP contribution in [0.3, 0.4) is 0 Å². The van der Waals surface area contributed by atoms with E-state index in [0.717, 1.165) is 25.9 Å². The molecule has 112 valence electrons. The summed E-state index contributed by atoms with van der Waals surface area (Å²) in [4.78, 5) is 14.9. The molecule has 1 aromatic rings. The van der Waals surface area contributed by atoms with E-state index >= 15 is 0 Å². The number of carboxylic acids is 1. The van der Waals surface area contributed by atoms with Gasteiger partial charge in [0.1, 0.15) is 0 Å². The maximum atomic E-state index is 11.1. The van der Waals surface area contributed by atoms with E-state index in [4.69, 9.17) is 5.11 Å². The van der Waals surface area contributed by atoms with E-state index in [2.05, 4.69) is 39.9 Å². The summed E-state index contributed by atoms with van der Waals surface area (Å²) in [6.07, 6.45) is 5.16. The summed E-state index contributed by atoms with van der Waals surface area (Å²) in [7, 11) is 0. The zero-order valence-corrected chi connectivity index (χ0v) is 14.3. The highest BCUT2D eigenvalue weighted by Gasteiger charge is 2.29. The van der Waals surface area contributed by atoms with Gasteiger partial charge in [-0.2, -0.15) is 0 Å². The first-order chi connectivity index (χ1) is 9.61. The quantitative estimate of drug-likeness (QED) is 0.810. The van der Waals surface area contributed by atoms with Crippen LogP contribution in [0, 0.1) is 5.92 Å². The molecule has 0 amide bonds. The van der Waals surface area contributed by atoms with Gasteiger partial charge in [0, 0.05) is 10.9 Å². The number of halogens is 1. The Morgan fingerprint density at radius 3 is 2.70 bits per heavy atom. The van der Waals surface area contributed by atoms with Crippen LogP contribution < -0.4 is 0 Å². The van der Waals surface area contributed by atoms with Crippen molar-refractivity contribution in [2.24, 2.45) is 5.92 Å². The monoisotopic (exact) mass is 359 g/mol. The van der Waals surface area contributed by atoms with Crippen LogP contribution in [0.15, 0.2) is 15.9 Å². The number of likely N-dealkylation sites (tertiary alicyclic amines) is 1. The number of carbonyl (C=O) groups is 1. The summed E-state index contributed by atoms with van der Waals surface area (Å²) >= 11 is 5.35. The third kappa shape index (κ3) is 4.06. The largest absolute Gasteiger partial charge is 0.481 e. The van der Waals surface area contributed by atoms with E-state index in [-0.39, 0.29) is 5.92 Å². The van der Waals surface area contributed by atoms with Crippen LogP contribution in [-0.2, 0) is 4.79 Å². The average Bonchev–Trinajstić information content (AvgIpc) is 2.86. The minimum absolute atomic E-state index is 0.145. The maximum Gasteiger partial charge on any atom is 0.306 e. The first-order valence-corrected chi connectivity index (χ1v) is 8.94. The lowest BCUT2D eigenvalue weighted by Crippen LogP contribution is -2.38. The van der Waals surface area contributed by atoms with Gasteiger partial charge in [0.25, 0.3) is 0 Å². The molecule has 1 atom stereocenters. The molecule has 0 aliphatic carbocycles. The van der Waals surface area contributed by atoms with Crippen LogP contribution in [0.1, 0.15) is 49.9 Å². The summed E-state index contributed by atoms with van der Waals surface area (Å²) < 4.78 is 1.18. The summed E-state index contributed by atoms with van der Waals surface area (Å²) in [5, 5.41) is 9.10. The molecule has 2 rings (SSSR count). The Kier molecular flexibility index (Phi) is 6.05. The Bertz CT molecular complexity index is 441. The molecule has 1 fully saturated rings. The molecular formula is C15H22BrNO2S. The van der Waals surface area contributed by atoms with E-state index in [1.807, 2.05) is 0 Å². The second-order valence-corrected chi connectivity index (χ2v) is 7.94. The van der Waals surface area contributed by atoms with Crippen molar-refractivity contribution < 1.29 is 9.90 Å². The van der Waals surface area contributed by atoms with E-state index in [0.29, 0.717) is 6.04 Å². The van der Waals surface area contributed by atoms with Crippen molar-refractivity contribution in [2.75, 3.05) is 13.1 Å². The molecule has 1 aliphatic heterocycles. The minimum Gasteiger partial charge on any atom is -0.481 e. The van der Waals surface area contributed by atoms with Gasteiger partial charge in [0.2, 0.25) is 0 Å². The standard InChI is InChI=1S/C15H22BrNO2S/c1-2-3-4-12(13-5-6-14(16)20-13)17-9-7-11(8-10-17)15(18)19/h5-6,11-12H,2-4,7-10H2,1H3,(H,18,19). The fourth-order valence-corrected chi connectivity index (χ4v) is 4.46. The van der Waals surface area contributed by atoms with Crippen LogP contribution in [-0.4, -0.2) is 29.1 Å². The van der Waals surface area contributed by atoms with Gasteiger partial charge in [0.15, 0.2) is 0 Å². The van der Waals surface area contributed by atoms with Crippen LogP contribution in [0.5, 0.6) is 0 Å². The third-order valence-electron chi connectivity index (χ3n) is 4.07. The second kappa shape index (κ2) is 7.57. The average molecular weight is 360 g/mol. The van der Waals surface area contributed by atoms with Crippen molar-refractivity contribution in [3.8, 4) is 0 Å². The molecule has 0 saturated carbocycles. The highest BCUT2D eigenvalue weighted by Crippen LogP contribution is 2.36. The molecule has 20 heavy (non-hydrogen) atoms. The maximum absolute atomic E-state index is 11.1. The van der Waals surface area contributed by atoms with Gasteiger partial charge in [-0.1, -0.05) is 19.8 Å². The Morgan fingerprint density at radius 2 is 2.20 bits per heavy atom. The van der Waals surface area contributed by atoms with Crippen molar-refractivity contribution in [1.29, 1.82) is 0 Å². The molecule has 0 aromatic carbocycles. The van der Waals surface area contributed by atoms with Gasteiger partial charge in [-0.25, -0.2) is 0 Å². The highest BCUT2D eigenvalue weighted by molar-refractivity contribution is 9.11. The molecule has 0 bridgehead atoms. The predicted octanol–water partition coefficient (Wildman–Crippen LogP) is 4.54. The number of hydrogen-bond acceptors (Lipinski definition) is 3. The van der Waals surface area contributed by atoms with Gasteiger partial charge in [-0.3, -0.25) is 9.69 Å². The molecule has 1 unspecified atom stereocenters. The van der Waals surface area contributed by atoms with Gasteiger partial charge in [-0.05, 0) is 60.4 Å². The number of rotatable bonds is 6. The third-order valence-corrected chi connectivity index (χ3v) is 5.80. The van der Waals surface area contributed by atoms with Crippen molar-refractivity contribution in [2.45, 2.75) is 45.1 Å². The topological polar surface area (TPSA) is 40.5 Å². The summed E-state index contributed by atoms with van der Waals surface area (Å²) in [6, 6.07) is 4.78. The molecule has 2 heterocycles. The minimum atomic E-state index is -0.631. The van der Waals surface area contributed by atoms with Gasteiger partial charge in [0.05, 0.1) is 9.70 Å². The first kappa shape index (κ1) is 16.0. The number of thiophene rings is 1. The summed E-state index contributed by atoms with van der Waals surface area (Å²) in [5.74, 6) is -0.776. The number of nitrogens with zero attached hydrogens (tertiary/aromatic N) is 1. The van der Waals surface area contributed by atoms with E-state index in [9.17, 15) is 4.79 Å². The smallest absolute Gasteiger partial charge is 0.306 e. The lowest BCUT2D eigenvalue weighted by Gasteiger charge is -2.36. The summed E-state index contributed by atoms with van der Waals surface area (Å²) in [5.41, 5.74) is 0. The molecule has 5 heteroatoms. The zero-order valence-electron chi connectivity index (χ0n) is 11.8. The highest BCUT2D eigenvalue weighted by atomic mass is 79.9. The molecule has 1 saturated heterocycles. The molecular weight excluding hydrogens is 338 g/mol. The number of piperidine rings is 1. The van der Waals surface area contributed by atoms with Crippen LogP contribution in [0.4, 0.5) is 0 Å². The first-order valence-electron chi connectivity index (χ1n) is 7.34. The van der Waals surface area contributed by atoms with Crippen LogP contribution in [0.2, 0.25) is 0 Å². The normalized spacial score (nSPS) is 19.1. The molecule has 1 N–H and O–H groups in total. The number of unbranched alkanes of at least 4 members (excludes halogenated alkanes) is 1. The Hall–Kier alpha value is -0.390. The lowest BCUT2D eigenvalue weighted by molar-refractivity contribution is -0.143. The SMILES string of the molecule is CCCCC(c1ccc(Br)s1)N1CCC(C(=O)O)CC1. The molecule has 1 aromatic heterocycles. The van der Waals surface area contributed by atoms with E-state index < -0.39 is 5.97 Å². The Labute approximate surface area is 133 Å². The lowest BCUT2D eigenvalue weighted by atomic mass is 9.94. The van der Waals surface area contributed by atoms with E-state index in [1.165, 1.54) is 27.9 Å². The summed E-state index contributed by atoms with van der Waals surface area (Å²) in [6.45, 7) is 4.03. The molecule has 0 spiro atoms. The van der Waals surface area contributed by atoms with Gasteiger partial charge >= 0.3 is 5.97 Å². The predicted molar refractivity (Wildman–Crippen MR) is 86.2 cm³/mol. The van der Waals surface area contributed by atoms with Crippen LogP contribution >= 0.6 is 27.3 Å². The van der Waals surface area contributed by atoms with Crippen molar-refractivity contribution >= 4 is 33.2 Å². The van der Waals surface area contributed by atoms with Crippen molar-refractivity contribution in [3.05, 3.63) is 20.8 Å². The van der Waals surface area contributed by atoms with Crippen molar-refractivity contribution in [1.82, 2.24) is 4.90 Å². The second-order valence-electron chi connectivity index (χ2n) is 5.45. The Morgan fingerprint density at radius 1 is 1.50 bits per heavy atom. The number of carboxylic acid groups (broad SMARTS) is 1. The van der Waals surface area contributed by atoms with E-state index in [1.54, 1.807) is 11.3 Å². The number of aliphatic carboxylic acids is 1. The fourth-order valence-electron chi connectivity index (χ4n) is 2.87. The number of hydrogen-bond donors (Lipinski definition) is 1. The fraction of sp³-hybridized carbons (Fsp3) is 0.667. The zero-order chi connectivity index (χ0) is 14.5. The van der Waals surface area contributed by atoms with Crippen molar-refractivity contribution in [3.63, 3.8) is 0 Å². The molecule has 1 aliphatic rings. The molecule has 0 radical (unpaired) electrons. The van der Waals surface area contributed by atoms with Gasteiger partial charge < -0.3 is 5.11 Å². The van der Waals surface area contributed by atoms with Crippen LogP contribution in [0.25, 0.3) is 0 Å². The Balaban J connectivity index is 2.02.